The summed E-state index contributed by atoms with van der Waals surface area (Å²) in [5.74, 6) is -5.22. The fourth-order valence-electron chi connectivity index (χ4n) is 10.3. The molecule has 27 nitrogen and oxygen atoms in total. The van der Waals surface area contributed by atoms with Crippen LogP contribution in [0.2, 0.25) is 0 Å². The molecule has 484 valence electrons. The van der Waals surface area contributed by atoms with E-state index in [1.54, 1.807) is 84.0 Å². The highest BCUT2D eigenvalue weighted by Crippen LogP contribution is 2.28. The number of nitrogens with zero attached hydrogens (tertiary/aromatic N) is 3. The van der Waals surface area contributed by atoms with Gasteiger partial charge in [-0.25, -0.2) is 15.5 Å². The fraction of sp³-hybridized carbons (Fsp3) is 0.617. The Bertz CT molecular complexity index is 2660. The van der Waals surface area contributed by atoms with Gasteiger partial charge in [0.2, 0.25) is 53.2 Å². The second-order valence-electron chi connectivity index (χ2n) is 23.4. The van der Waals surface area contributed by atoms with Crippen molar-refractivity contribution in [2.75, 3.05) is 32.6 Å². The standard InChI is InChI=1S/C60H93N11O16/c1-13-35(8)51(44(72)29-47(75)71-27-17-20-43(71)52(76)36(9)53(77)66-42(59(83)84)28-38-18-15-14-16-19-38)69(11)58(82)49(33(4)5)68-57(81)50(34(6)7)70(12)60(85)86-30-39-21-23-40(24-22-39)64-54(78)37(10)63-56(80)48(32(2)3)67-55(79)41(25-26-45(61)73)65-46(74)31-87-62/h14-16,18-19,21-24,32-37,41-44,48-52,72,76H,13,17,20,25-31,62H2,1-12H3,(H2,61,73)(H,63,80)(H,64,78)(H,65,74)(H,66,77)(H,67,79)(H,68,81)(H,83,84)/t35-,36+,37-,41?,42-,43-,44+,48-,49-,50-,51-,52+/m0/s1. The summed E-state index contributed by atoms with van der Waals surface area (Å²) in [4.78, 5) is 153. The maximum Gasteiger partial charge on any atom is 0.410 e. The second-order valence-corrected chi connectivity index (χ2v) is 23.4. The molecule has 0 aromatic heterocycles. The third-order valence-corrected chi connectivity index (χ3v) is 15.6. The van der Waals surface area contributed by atoms with Gasteiger partial charge in [-0.05, 0) is 73.1 Å². The van der Waals surface area contributed by atoms with Gasteiger partial charge in [0.25, 0.3) is 0 Å². The van der Waals surface area contributed by atoms with Crippen molar-refractivity contribution in [3.05, 3.63) is 65.7 Å². The molecule has 0 radical (unpaired) electrons. The van der Waals surface area contributed by atoms with Gasteiger partial charge in [0.1, 0.15) is 49.5 Å². The molecule has 3 rings (SSSR count). The van der Waals surface area contributed by atoms with Gasteiger partial charge in [-0.1, -0.05) is 111 Å². The number of aliphatic carboxylic acids is 1. The van der Waals surface area contributed by atoms with E-state index in [1.165, 1.54) is 49.9 Å². The van der Waals surface area contributed by atoms with E-state index in [2.05, 4.69) is 36.7 Å². The number of hydrogen-bond acceptors (Lipinski definition) is 16. The number of nitrogens with two attached hydrogens (primary N) is 2. The molecule has 2 aromatic carbocycles. The SMILES string of the molecule is CC[C@H](C)[C@@H]([C@H](O)CC(=O)N1CCC[C@H]1[C@H](O)[C@@H](C)C(=O)N[C@@H](Cc1ccccc1)C(=O)O)N(C)C(=O)[C@@H](NC(=O)[C@H](C(C)C)N(C)C(=O)OCc1ccc(NC(=O)[C@H](C)NC(=O)[C@@H](NC(=O)C(CCC(N)=O)NC(=O)CON)C(C)C)cc1)C(C)C. The van der Waals surface area contributed by atoms with Crippen LogP contribution in [0.15, 0.2) is 54.6 Å². The zero-order valence-corrected chi connectivity index (χ0v) is 52.1. The summed E-state index contributed by atoms with van der Waals surface area (Å²) >= 11 is 0. The number of carboxylic acid groups (broad SMARTS) is 1. The number of carbonyl (C=O) groups is 11. The molecule has 1 aliphatic heterocycles. The summed E-state index contributed by atoms with van der Waals surface area (Å²) in [5.41, 5.74) is 6.75. The maximum atomic E-state index is 14.5. The highest BCUT2D eigenvalue weighted by atomic mass is 16.6. The van der Waals surface area contributed by atoms with Crippen LogP contribution in [-0.2, 0) is 70.5 Å². The van der Waals surface area contributed by atoms with Crippen molar-refractivity contribution >= 4 is 70.9 Å². The van der Waals surface area contributed by atoms with Crippen molar-refractivity contribution in [2.24, 2.45) is 41.2 Å². The predicted molar refractivity (Wildman–Crippen MR) is 320 cm³/mol. The van der Waals surface area contributed by atoms with Gasteiger partial charge in [0, 0.05) is 39.2 Å². The zero-order chi connectivity index (χ0) is 65.6. The Labute approximate surface area is 509 Å². The average molecular weight is 1220 g/mol. The molecule has 87 heavy (non-hydrogen) atoms. The van der Waals surface area contributed by atoms with Crippen molar-refractivity contribution in [3.8, 4) is 0 Å². The molecule has 0 aliphatic carbocycles. The molecular formula is C60H93N11O16. The Kier molecular flexibility index (Phi) is 29.7. The molecule has 13 N–H and O–H groups in total. The average Bonchev–Trinajstić information content (AvgIpc) is 2.51. The number of primary amides is 1. The van der Waals surface area contributed by atoms with E-state index in [9.17, 15) is 68.1 Å². The Hall–Kier alpha value is -7.75. The molecule has 1 unspecified atom stereocenters. The lowest BCUT2D eigenvalue weighted by atomic mass is 9.89. The predicted octanol–water partition coefficient (Wildman–Crippen LogP) is 1.07. The lowest BCUT2D eigenvalue weighted by Gasteiger charge is -2.40. The number of aliphatic hydroxyl groups excluding tert-OH is 2. The topological polar surface area (TPSA) is 401 Å². The fourth-order valence-corrected chi connectivity index (χ4v) is 10.3. The van der Waals surface area contributed by atoms with E-state index in [0.29, 0.717) is 36.1 Å². The van der Waals surface area contributed by atoms with Crippen LogP contribution in [0.5, 0.6) is 0 Å². The number of carboxylic acids is 1. The molecule has 10 amide bonds. The lowest BCUT2D eigenvalue weighted by molar-refractivity contribution is -0.147. The first-order valence-electron chi connectivity index (χ1n) is 29.4. The summed E-state index contributed by atoms with van der Waals surface area (Å²) < 4.78 is 5.60. The molecule has 12 atom stereocenters. The largest absolute Gasteiger partial charge is 0.480 e. The van der Waals surface area contributed by atoms with E-state index < -0.39 is 162 Å². The summed E-state index contributed by atoms with van der Waals surface area (Å²) in [6, 6.07) is 6.20. The van der Waals surface area contributed by atoms with E-state index in [-0.39, 0.29) is 38.3 Å². The molecule has 1 aliphatic rings. The van der Waals surface area contributed by atoms with Crippen LogP contribution >= 0.6 is 0 Å². The van der Waals surface area contributed by atoms with Crippen LogP contribution in [0.1, 0.15) is 119 Å². The van der Waals surface area contributed by atoms with Crippen molar-refractivity contribution in [2.45, 2.75) is 181 Å². The van der Waals surface area contributed by atoms with Gasteiger partial charge >= 0.3 is 12.1 Å². The first kappa shape index (κ1) is 73.5. The van der Waals surface area contributed by atoms with Gasteiger partial charge in [0.15, 0.2) is 0 Å². The normalized spacial score (nSPS) is 16.9. The minimum atomic E-state index is -1.40. The highest BCUT2D eigenvalue weighted by Gasteiger charge is 2.43. The van der Waals surface area contributed by atoms with E-state index >= 15 is 0 Å². The number of likely N-dealkylation sites (N-methyl/N-ethyl adjacent to an activating group) is 2. The third-order valence-electron chi connectivity index (χ3n) is 15.6. The lowest BCUT2D eigenvalue weighted by Crippen LogP contribution is -2.60. The smallest absolute Gasteiger partial charge is 0.410 e. The number of benzene rings is 2. The minimum absolute atomic E-state index is 0.0191. The Balaban J connectivity index is 1.63. The van der Waals surface area contributed by atoms with Crippen molar-refractivity contribution in [3.63, 3.8) is 0 Å². The van der Waals surface area contributed by atoms with Crippen LogP contribution in [-0.4, -0.2) is 183 Å². The zero-order valence-electron chi connectivity index (χ0n) is 52.1. The van der Waals surface area contributed by atoms with Gasteiger partial charge in [-0.15, -0.1) is 0 Å². The third kappa shape index (κ3) is 22.2. The monoisotopic (exact) mass is 1220 g/mol. The number of amides is 10. The van der Waals surface area contributed by atoms with Crippen LogP contribution in [0.3, 0.4) is 0 Å². The van der Waals surface area contributed by atoms with Crippen molar-refractivity contribution < 1.29 is 77.6 Å². The summed E-state index contributed by atoms with van der Waals surface area (Å²) in [5, 5.41) is 48.8. The minimum Gasteiger partial charge on any atom is -0.480 e. The maximum absolute atomic E-state index is 14.5. The summed E-state index contributed by atoms with van der Waals surface area (Å²) in [6.07, 6.45) is -3.14. The number of nitrogens with one attached hydrogen (secondary N) is 6. The highest BCUT2D eigenvalue weighted by molar-refractivity contribution is 5.99. The van der Waals surface area contributed by atoms with E-state index in [0.717, 1.165) is 4.90 Å². The van der Waals surface area contributed by atoms with Crippen molar-refractivity contribution in [1.82, 2.24) is 41.3 Å². The molecule has 1 saturated heterocycles. The number of aliphatic hydroxyl groups is 2. The molecule has 27 heteroatoms. The van der Waals surface area contributed by atoms with Crippen molar-refractivity contribution in [1.29, 1.82) is 0 Å². The van der Waals surface area contributed by atoms with E-state index in [4.69, 9.17) is 16.4 Å². The molecule has 0 saturated carbocycles. The number of rotatable bonds is 34. The Morgan fingerprint density at radius 2 is 1.31 bits per heavy atom. The molecule has 1 fully saturated rings. The number of anilines is 1. The first-order valence-corrected chi connectivity index (χ1v) is 29.4. The Morgan fingerprint density at radius 1 is 0.701 bits per heavy atom. The van der Waals surface area contributed by atoms with Crippen LogP contribution < -0.4 is 43.5 Å². The van der Waals surface area contributed by atoms with E-state index in [1.807, 2.05) is 13.8 Å². The number of likely N-dealkylation sites (tertiary alicyclic amines) is 1. The van der Waals surface area contributed by atoms with Crippen LogP contribution in [0, 0.1) is 29.6 Å². The van der Waals surface area contributed by atoms with Gasteiger partial charge < -0.3 is 67.5 Å². The van der Waals surface area contributed by atoms with Crippen LogP contribution in [0.25, 0.3) is 0 Å². The van der Waals surface area contributed by atoms with Crippen LogP contribution in [0.4, 0.5) is 10.5 Å². The number of hydrogen-bond donors (Lipinski definition) is 11. The molecule has 0 spiro atoms. The quantitative estimate of drug-likeness (QED) is 0.0437. The summed E-state index contributed by atoms with van der Waals surface area (Å²) in [6.45, 7) is 16.2. The Morgan fingerprint density at radius 3 is 1.86 bits per heavy atom. The number of carbonyl (C=O) groups excluding carboxylic acids is 10. The molecular weight excluding hydrogens is 1130 g/mol. The molecule has 2 aromatic rings. The second kappa shape index (κ2) is 35.2. The molecule has 1 heterocycles. The first-order chi connectivity index (χ1) is 40.8. The van der Waals surface area contributed by atoms with Gasteiger partial charge in [-0.2, -0.15) is 0 Å². The van der Waals surface area contributed by atoms with Gasteiger partial charge in [-0.3, -0.25) is 52.9 Å². The van der Waals surface area contributed by atoms with Gasteiger partial charge in [0.05, 0.1) is 36.6 Å². The summed E-state index contributed by atoms with van der Waals surface area (Å²) in [7, 11) is 2.87. The molecule has 0 bridgehead atoms. The number of ether oxygens (including phenoxy) is 1.